The predicted octanol–water partition coefficient (Wildman–Crippen LogP) is 3.04. The van der Waals surface area contributed by atoms with Gasteiger partial charge in [0.05, 0.1) is 0 Å². The molecule has 0 radical (unpaired) electrons. The van der Waals surface area contributed by atoms with Gasteiger partial charge in [-0.2, -0.15) is 0 Å². The van der Waals surface area contributed by atoms with Crippen LogP contribution in [0.3, 0.4) is 0 Å². The number of hydrogen-bond acceptors (Lipinski definition) is 3. The second-order valence-electron chi connectivity index (χ2n) is 4.10. The Kier molecular flexibility index (Phi) is 3.77. The first-order chi connectivity index (χ1) is 7.25. The predicted molar refractivity (Wildman–Crippen MR) is 66.8 cm³/mol. The summed E-state index contributed by atoms with van der Waals surface area (Å²) in [6, 6.07) is 0.522. The number of halogens is 1. The molecule has 1 fully saturated rings. The first kappa shape index (κ1) is 11.1. The molecule has 2 unspecified atom stereocenters. The molecule has 1 aromatic heterocycles. The fourth-order valence-corrected chi connectivity index (χ4v) is 2.23. The van der Waals surface area contributed by atoms with Crippen molar-refractivity contribution in [3.8, 4) is 6.01 Å². The molecule has 1 aromatic rings. The van der Waals surface area contributed by atoms with Crippen molar-refractivity contribution >= 4 is 22.6 Å². The molecule has 0 aromatic carbocycles. The molecule has 82 valence electrons. The maximum Gasteiger partial charge on any atom is 0.316 e. The second-order valence-corrected chi connectivity index (χ2v) is 5.35. The fourth-order valence-electron chi connectivity index (χ4n) is 1.95. The fraction of sp³-hybridized carbons (Fsp3) is 0.636. The minimum Gasteiger partial charge on any atom is -0.460 e. The highest BCUT2D eigenvalue weighted by atomic mass is 127. The Hall–Kier alpha value is -0.390. The second kappa shape index (κ2) is 5.09. The van der Waals surface area contributed by atoms with Gasteiger partial charge in [-0.25, -0.2) is 9.97 Å². The summed E-state index contributed by atoms with van der Waals surface area (Å²) < 4.78 is 6.84. The molecule has 0 amide bonds. The van der Waals surface area contributed by atoms with Gasteiger partial charge in [0.1, 0.15) is 6.10 Å². The van der Waals surface area contributed by atoms with Crippen molar-refractivity contribution in [1.82, 2.24) is 9.97 Å². The van der Waals surface area contributed by atoms with Gasteiger partial charge in [-0.05, 0) is 47.8 Å². The number of aromatic nitrogens is 2. The molecule has 2 rings (SSSR count). The zero-order valence-electron chi connectivity index (χ0n) is 8.82. The molecule has 0 spiro atoms. The van der Waals surface area contributed by atoms with Crippen LogP contribution in [0, 0.1) is 9.49 Å². The third-order valence-electron chi connectivity index (χ3n) is 2.89. The van der Waals surface area contributed by atoms with E-state index >= 15 is 0 Å². The molecule has 2 atom stereocenters. The van der Waals surface area contributed by atoms with Crippen LogP contribution in [0.1, 0.15) is 32.6 Å². The van der Waals surface area contributed by atoms with Crippen LogP contribution in [0.15, 0.2) is 12.4 Å². The Morgan fingerprint density at radius 1 is 1.27 bits per heavy atom. The Morgan fingerprint density at radius 3 is 2.60 bits per heavy atom. The van der Waals surface area contributed by atoms with Crippen LogP contribution in [0.2, 0.25) is 0 Å². The van der Waals surface area contributed by atoms with E-state index < -0.39 is 0 Å². The minimum atomic E-state index is 0.304. The molecule has 1 saturated carbocycles. The summed E-state index contributed by atoms with van der Waals surface area (Å²) in [7, 11) is 0. The van der Waals surface area contributed by atoms with Gasteiger partial charge >= 0.3 is 6.01 Å². The van der Waals surface area contributed by atoms with Crippen LogP contribution in [-0.2, 0) is 0 Å². The van der Waals surface area contributed by atoms with Crippen LogP contribution >= 0.6 is 22.6 Å². The van der Waals surface area contributed by atoms with Crippen LogP contribution in [-0.4, -0.2) is 16.1 Å². The SMILES string of the molecule is CC1CCCCC1Oc1ncc(I)cn1. The van der Waals surface area contributed by atoms with Crippen LogP contribution in [0.4, 0.5) is 0 Å². The van der Waals surface area contributed by atoms with Crippen molar-refractivity contribution in [2.24, 2.45) is 5.92 Å². The third-order valence-corrected chi connectivity index (χ3v) is 3.44. The number of nitrogens with zero attached hydrogens (tertiary/aromatic N) is 2. The molecule has 0 saturated heterocycles. The Balaban J connectivity index is 1.98. The molecular weight excluding hydrogens is 303 g/mol. The molecule has 0 N–H and O–H groups in total. The summed E-state index contributed by atoms with van der Waals surface area (Å²) in [6.07, 6.45) is 8.87. The number of rotatable bonds is 2. The average Bonchev–Trinajstić information content (AvgIpc) is 2.25. The van der Waals surface area contributed by atoms with Crippen molar-refractivity contribution in [1.29, 1.82) is 0 Å². The van der Waals surface area contributed by atoms with Crippen LogP contribution in [0.5, 0.6) is 6.01 Å². The molecule has 3 nitrogen and oxygen atoms in total. The van der Waals surface area contributed by atoms with Crippen molar-refractivity contribution in [3.63, 3.8) is 0 Å². The van der Waals surface area contributed by atoms with Gasteiger partial charge in [0.25, 0.3) is 0 Å². The van der Waals surface area contributed by atoms with Gasteiger partial charge in [0.2, 0.25) is 0 Å². The first-order valence-corrected chi connectivity index (χ1v) is 6.48. The van der Waals surface area contributed by atoms with E-state index in [1.54, 1.807) is 12.4 Å². The minimum absolute atomic E-state index is 0.304. The zero-order chi connectivity index (χ0) is 10.7. The van der Waals surface area contributed by atoms with E-state index in [0.717, 1.165) is 9.99 Å². The van der Waals surface area contributed by atoms with Gasteiger partial charge in [-0.1, -0.05) is 13.3 Å². The highest BCUT2D eigenvalue weighted by Crippen LogP contribution is 2.26. The van der Waals surface area contributed by atoms with Gasteiger partial charge in [-0.3, -0.25) is 0 Å². The maximum atomic E-state index is 5.80. The highest BCUT2D eigenvalue weighted by molar-refractivity contribution is 14.1. The zero-order valence-corrected chi connectivity index (χ0v) is 11.0. The number of hydrogen-bond donors (Lipinski definition) is 0. The van der Waals surface area contributed by atoms with Crippen molar-refractivity contribution in [3.05, 3.63) is 16.0 Å². The average molecular weight is 318 g/mol. The number of ether oxygens (including phenoxy) is 1. The van der Waals surface area contributed by atoms with E-state index in [1.807, 2.05) is 0 Å². The molecule has 0 bridgehead atoms. The lowest BCUT2D eigenvalue weighted by molar-refractivity contribution is 0.0922. The van der Waals surface area contributed by atoms with Crippen LogP contribution in [0.25, 0.3) is 0 Å². The molecule has 4 heteroatoms. The normalized spacial score (nSPS) is 26.3. The van der Waals surface area contributed by atoms with Gasteiger partial charge in [0, 0.05) is 16.0 Å². The lowest BCUT2D eigenvalue weighted by Gasteiger charge is -2.28. The molecule has 1 aliphatic rings. The maximum absolute atomic E-state index is 5.80. The summed E-state index contributed by atoms with van der Waals surface area (Å²) in [5, 5.41) is 0. The lowest BCUT2D eigenvalue weighted by atomic mass is 9.88. The van der Waals surface area contributed by atoms with E-state index in [1.165, 1.54) is 19.3 Å². The van der Waals surface area contributed by atoms with E-state index in [4.69, 9.17) is 4.74 Å². The standard InChI is InChI=1S/C11H15IN2O/c1-8-4-2-3-5-10(8)15-11-13-6-9(12)7-14-11/h6-8,10H,2-5H2,1H3. The van der Waals surface area contributed by atoms with Gasteiger partial charge < -0.3 is 4.74 Å². The summed E-state index contributed by atoms with van der Waals surface area (Å²) in [4.78, 5) is 8.33. The third kappa shape index (κ3) is 3.03. The highest BCUT2D eigenvalue weighted by Gasteiger charge is 2.23. The monoisotopic (exact) mass is 318 g/mol. The lowest BCUT2D eigenvalue weighted by Crippen LogP contribution is -2.28. The quantitative estimate of drug-likeness (QED) is 0.786. The molecule has 15 heavy (non-hydrogen) atoms. The van der Waals surface area contributed by atoms with E-state index in [0.29, 0.717) is 18.0 Å². The van der Waals surface area contributed by atoms with Crippen molar-refractivity contribution in [2.45, 2.75) is 38.7 Å². The van der Waals surface area contributed by atoms with Crippen LogP contribution < -0.4 is 4.74 Å². The van der Waals surface area contributed by atoms with Crippen molar-refractivity contribution < 1.29 is 4.74 Å². The topological polar surface area (TPSA) is 35.0 Å². The van der Waals surface area contributed by atoms with E-state index in [9.17, 15) is 0 Å². The summed E-state index contributed by atoms with van der Waals surface area (Å²) >= 11 is 2.19. The molecule has 1 aliphatic carbocycles. The smallest absolute Gasteiger partial charge is 0.316 e. The van der Waals surface area contributed by atoms with E-state index in [-0.39, 0.29) is 0 Å². The summed E-state index contributed by atoms with van der Waals surface area (Å²) in [6.45, 7) is 2.25. The molecular formula is C11H15IN2O. The summed E-state index contributed by atoms with van der Waals surface area (Å²) in [5.74, 6) is 0.627. The summed E-state index contributed by atoms with van der Waals surface area (Å²) in [5.41, 5.74) is 0. The molecule has 1 heterocycles. The Labute approximate surface area is 104 Å². The van der Waals surface area contributed by atoms with E-state index in [2.05, 4.69) is 39.5 Å². The van der Waals surface area contributed by atoms with Gasteiger partial charge in [0.15, 0.2) is 0 Å². The first-order valence-electron chi connectivity index (χ1n) is 5.40. The Morgan fingerprint density at radius 2 is 1.93 bits per heavy atom. The molecule has 0 aliphatic heterocycles. The largest absolute Gasteiger partial charge is 0.460 e. The Bertz CT molecular complexity index is 315. The van der Waals surface area contributed by atoms with Crippen molar-refractivity contribution in [2.75, 3.05) is 0 Å². The van der Waals surface area contributed by atoms with Gasteiger partial charge in [-0.15, -0.1) is 0 Å².